The second-order valence-corrected chi connectivity index (χ2v) is 2.94. The van der Waals surface area contributed by atoms with Gasteiger partial charge in [-0.3, -0.25) is 10.2 Å². The first-order valence-corrected chi connectivity index (χ1v) is 4.20. The molecular weight excluding hydrogens is 198 g/mol. The molecule has 1 atom stereocenters. The molecule has 0 radical (unpaired) electrons. The number of amides is 1. The van der Waals surface area contributed by atoms with E-state index in [0.29, 0.717) is 13.0 Å². The zero-order valence-corrected chi connectivity index (χ0v) is 7.46. The first kappa shape index (κ1) is 11.3. The molecule has 14 heavy (non-hydrogen) atoms. The molecule has 0 bridgehead atoms. The van der Waals surface area contributed by atoms with E-state index < -0.39 is 12.0 Å². The van der Waals surface area contributed by atoms with E-state index in [0.717, 1.165) is 6.42 Å². The number of hydrazine groups is 1. The Hall–Kier alpha value is -0.790. The van der Waals surface area contributed by atoms with E-state index >= 15 is 0 Å². The summed E-state index contributed by atoms with van der Waals surface area (Å²) in [6, 6.07) is 0. The molecule has 0 spiro atoms. The monoisotopic (exact) mass is 210 g/mol. The largest absolute Gasteiger partial charge is 0.437 e. The molecule has 0 saturated carbocycles. The highest BCUT2D eigenvalue weighted by Gasteiger charge is 2.40. The van der Waals surface area contributed by atoms with Crippen molar-refractivity contribution >= 4 is 5.91 Å². The Morgan fingerprint density at radius 3 is 2.93 bits per heavy atom. The second-order valence-electron chi connectivity index (χ2n) is 2.94. The summed E-state index contributed by atoms with van der Waals surface area (Å²) in [5.41, 5.74) is 1.33. The fraction of sp³-hybridized carbons (Fsp3) is 0.857. The molecule has 0 aromatic rings. The summed E-state index contributed by atoms with van der Waals surface area (Å²) in [5, 5.41) is 0. The zero-order valence-electron chi connectivity index (χ0n) is 7.46. The normalized spacial score (nSPS) is 22.4. The van der Waals surface area contributed by atoms with Crippen LogP contribution in [0.1, 0.15) is 12.8 Å². The predicted molar refractivity (Wildman–Crippen MR) is 42.2 cm³/mol. The third-order valence-electron chi connectivity index (χ3n) is 1.87. The average molecular weight is 210 g/mol. The quantitative estimate of drug-likeness (QED) is 0.381. The zero-order chi connectivity index (χ0) is 10.6. The van der Waals surface area contributed by atoms with E-state index in [1.165, 1.54) is 5.43 Å². The van der Waals surface area contributed by atoms with Gasteiger partial charge in [0, 0.05) is 6.61 Å². The van der Waals surface area contributed by atoms with Gasteiger partial charge in [-0.05, 0) is 12.8 Å². The van der Waals surface area contributed by atoms with Crippen LogP contribution in [0, 0.1) is 0 Å². The van der Waals surface area contributed by atoms with Crippen molar-refractivity contribution in [3.05, 3.63) is 0 Å². The number of hydrogen-bond donors (Lipinski definition) is 2. The van der Waals surface area contributed by atoms with Crippen molar-refractivity contribution in [2.45, 2.75) is 25.1 Å². The number of nitrogens with two attached hydrogens (primary N) is 1. The van der Waals surface area contributed by atoms with Crippen molar-refractivity contribution in [3.8, 4) is 0 Å². The van der Waals surface area contributed by atoms with Gasteiger partial charge in [-0.2, -0.15) is 8.78 Å². The molecule has 3 N–H and O–H groups in total. The molecule has 1 saturated heterocycles. The predicted octanol–water partition coefficient (Wildman–Crippen LogP) is -0.235. The fourth-order valence-electron chi connectivity index (χ4n) is 1.12. The number of nitrogens with one attached hydrogen (secondary N) is 1. The van der Waals surface area contributed by atoms with Crippen LogP contribution in [0.15, 0.2) is 0 Å². The first-order chi connectivity index (χ1) is 6.56. The first-order valence-electron chi connectivity index (χ1n) is 4.20. The van der Waals surface area contributed by atoms with Gasteiger partial charge >= 0.3 is 12.0 Å². The maximum absolute atomic E-state index is 12.7. The number of halogens is 2. The van der Waals surface area contributed by atoms with Gasteiger partial charge < -0.3 is 9.47 Å². The van der Waals surface area contributed by atoms with Crippen LogP contribution in [-0.2, 0) is 14.3 Å². The number of alkyl halides is 2. The van der Waals surface area contributed by atoms with Crippen LogP contribution in [0.25, 0.3) is 0 Å². The average Bonchev–Trinajstić information content (AvgIpc) is 2.66. The molecule has 1 aliphatic rings. The SMILES string of the molecule is NNC(=O)C(F)(F)OCC1CCCO1. The Kier molecular flexibility index (Phi) is 3.73. The van der Waals surface area contributed by atoms with Crippen molar-refractivity contribution in [1.82, 2.24) is 5.43 Å². The van der Waals surface area contributed by atoms with Gasteiger partial charge in [0.15, 0.2) is 0 Å². The highest BCUT2D eigenvalue weighted by atomic mass is 19.3. The lowest BCUT2D eigenvalue weighted by molar-refractivity contribution is -0.238. The summed E-state index contributed by atoms with van der Waals surface area (Å²) in [6.07, 6.45) is -2.75. The Balaban J connectivity index is 2.31. The van der Waals surface area contributed by atoms with Crippen molar-refractivity contribution in [3.63, 3.8) is 0 Å². The smallest absolute Gasteiger partial charge is 0.376 e. The number of carbonyl (C=O) groups excluding carboxylic acids is 1. The van der Waals surface area contributed by atoms with Crippen molar-refractivity contribution in [2.24, 2.45) is 5.84 Å². The van der Waals surface area contributed by atoms with Crippen LogP contribution in [0.4, 0.5) is 8.78 Å². The molecule has 0 aromatic heterocycles. The lowest BCUT2D eigenvalue weighted by atomic mass is 10.2. The minimum atomic E-state index is -3.89. The fourth-order valence-corrected chi connectivity index (χ4v) is 1.12. The van der Waals surface area contributed by atoms with Crippen LogP contribution in [0.5, 0.6) is 0 Å². The van der Waals surface area contributed by atoms with Crippen LogP contribution in [0.3, 0.4) is 0 Å². The lowest BCUT2D eigenvalue weighted by Gasteiger charge is -2.17. The van der Waals surface area contributed by atoms with Crippen LogP contribution >= 0.6 is 0 Å². The summed E-state index contributed by atoms with van der Waals surface area (Å²) in [7, 11) is 0. The molecule has 1 heterocycles. The van der Waals surface area contributed by atoms with Crippen LogP contribution < -0.4 is 11.3 Å². The maximum atomic E-state index is 12.7. The molecule has 1 aliphatic heterocycles. The summed E-state index contributed by atoms with van der Waals surface area (Å²) >= 11 is 0. The Morgan fingerprint density at radius 1 is 1.71 bits per heavy atom. The Bertz CT molecular complexity index is 207. The molecule has 1 rings (SSSR count). The van der Waals surface area contributed by atoms with Gasteiger partial charge in [-0.15, -0.1) is 0 Å². The van der Waals surface area contributed by atoms with E-state index in [1.807, 2.05) is 0 Å². The summed E-state index contributed by atoms with van der Waals surface area (Å²) in [5.74, 6) is 2.89. The van der Waals surface area contributed by atoms with Gasteiger partial charge in [0.2, 0.25) is 0 Å². The minimum absolute atomic E-state index is 0.305. The molecule has 1 fully saturated rings. The third-order valence-corrected chi connectivity index (χ3v) is 1.87. The van der Waals surface area contributed by atoms with Gasteiger partial charge in [-0.1, -0.05) is 0 Å². The summed E-state index contributed by atoms with van der Waals surface area (Å²) in [6.45, 7) is 0.239. The highest BCUT2D eigenvalue weighted by Crippen LogP contribution is 2.19. The standard InChI is InChI=1S/C7H12F2N2O3/c8-7(9,6(12)11-10)14-4-5-2-1-3-13-5/h5H,1-4,10H2,(H,11,12). The topological polar surface area (TPSA) is 73.6 Å². The Morgan fingerprint density at radius 2 is 2.43 bits per heavy atom. The van der Waals surface area contributed by atoms with E-state index in [1.54, 1.807) is 0 Å². The third kappa shape index (κ3) is 2.86. The maximum Gasteiger partial charge on any atom is 0.437 e. The number of carbonyl (C=O) groups is 1. The van der Waals surface area contributed by atoms with Gasteiger partial charge in [0.25, 0.3) is 0 Å². The van der Waals surface area contributed by atoms with Gasteiger partial charge in [-0.25, -0.2) is 5.84 Å². The number of rotatable bonds is 4. The molecule has 5 nitrogen and oxygen atoms in total. The van der Waals surface area contributed by atoms with Crippen LogP contribution in [-0.4, -0.2) is 31.3 Å². The molecule has 0 aliphatic carbocycles. The molecular formula is C7H12F2N2O3. The summed E-state index contributed by atoms with van der Waals surface area (Å²) in [4.78, 5) is 10.5. The van der Waals surface area contributed by atoms with Crippen molar-refractivity contribution < 1.29 is 23.0 Å². The van der Waals surface area contributed by atoms with E-state index in [2.05, 4.69) is 10.6 Å². The van der Waals surface area contributed by atoms with E-state index in [-0.39, 0.29) is 12.7 Å². The number of hydrogen-bond acceptors (Lipinski definition) is 4. The molecule has 0 aromatic carbocycles. The van der Waals surface area contributed by atoms with Gasteiger partial charge in [0.1, 0.15) is 0 Å². The molecule has 1 unspecified atom stereocenters. The minimum Gasteiger partial charge on any atom is -0.376 e. The van der Waals surface area contributed by atoms with E-state index in [9.17, 15) is 13.6 Å². The Labute approximate surface area is 79.5 Å². The molecule has 82 valence electrons. The van der Waals surface area contributed by atoms with Crippen molar-refractivity contribution in [2.75, 3.05) is 13.2 Å². The highest BCUT2D eigenvalue weighted by molar-refractivity contribution is 5.81. The number of ether oxygens (including phenoxy) is 2. The lowest BCUT2D eigenvalue weighted by Crippen LogP contribution is -2.46. The van der Waals surface area contributed by atoms with Crippen LogP contribution in [0.2, 0.25) is 0 Å². The van der Waals surface area contributed by atoms with Gasteiger partial charge in [0.05, 0.1) is 12.7 Å². The summed E-state index contributed by atoms with van der Waals surface area (Å²) < 4.78 is 34.6. The second kappa shape index (κ2) is 4.63. The van der Waals surface area contributed by atoms with E-state index in [4.69, 9.17) is 4.74 Å². The molecule has 7 heteroatoms. The molecule has 1 amide bonds. The van der Waals surface area contributed by atoms with Crippen molar-refractivity contribution in [1.29, 1.82) is 0 Å².